The van der Waals surface area contributed by atoms with Gasteiger partial charge in [-0.05, 0) is 36.4 Å². The van der Waals surface area contributed by atoms with Gasteiger partial charge >= 0.3 is 0 Å². The fraction of sp³-hybridized carbons (Fsp3) is 0.923. The fourth-order valence-electron chi connectivity index (χ4n) is 1.82. The molecule has 1 aliphatic carbocycles. The molecule has 0 unspecified atom stereocenters. The predicted molar refractivity (Wildman–Crippen MR) is 74.6 cm³/mol. The second-order valence-electron chi connectivity index (χ2n) is 5.95. The molecule has 3 heteroatoms. The van der Waals surface area contributed by atoms with Crippen LogP contribution in [0, 0.1) is 11.3 Å². The number of hydrogen-bond acceptors (Lipinski definition) is 1. The Hall–Kier alpha value is -0.310. The Kier molecular flexibility index (Phi) is 5.03. The van der Waals surface area contributed by atoms with E-state index < -0.39 is 0 Å². The minimum atomic E-state index is 0.293. The van der Waals surface area contributed by atoms with Crippen LogP contribution in [0.15, 0.2) is 0 Å². The molecule has 0 atom stereocenters. The highest BCUT2D eigenvalue weighted by Crippen LogP contribution is 2.24. The van der Waals surface area contributed by atoms with E-state index in [-0.39, 0.29) is 0 Å². The standard InChI is InChI=1S/C13H26N2S/c1-10(2)13(3,4)9-14-12(16)15-11-7-5-6-8-11/h10-11H,5-9H2,1-4H3,(H2,14,15,16). The third kappa shape index (κ3) is 4.28. The summed E-state index contributed by atoms with van der Waals surface area (Å²) in [5, 5.41) is 7.60. The van der Waals surface area contributed by atoms with E-state index in [0.717, 1.165) is 11.7 Å². The Bertz CT molecular complexity index is 230. The summed E-state index contributed by atoms with van der Waals surface area (Å²) in [6.07, 6.45) is 5.24. The summed E-state index contributed by atoms with van der Waals surface area (Å²) in [4.78, 5) is 0. The van der Waals surface area contributed by atoms with Crippen molar-refractivity contribution in [2.24, 2.45) is 11.3 Å². The van der Waals surface area contributed by atoms with E-state index in [1.54, 1.807) is 0 Å². The van der Waals surface area contributed by atoms with Crippen molar-refractivity contribution in [3.63, 3.8) is 0 Å². The zero-order valence-electron chi connectivity index (χ0n) is 11.1. The maximum atomic E-state index is 5.32. The van der Waals surface area contributed by atoms with Crippen LogP contribution >= 0.6 is 12.2 Å². The van der Waals surface area contributed by atoms with Crippen molar-refractivity contribution in [1.82, 2.24) is 10.6 Å². The van der Waals surface area contributed by atoms with Crippen molar-refractivity contribution in [2.45, 2.75) is 59.4 Å². The quantitative estimate of drug-likeness (QED) is 0.741. The Morgan fingerprint density at radius 3 is 2.38 bits per heavy atom. The first-order valence-electron chi connectivity index (χ1n) is 6.46. The van der Waals surface area contributed by atoms with Gasteiger partial charge in [0.05, 0.1) is 0 Å². The van der Waals surface area contributed by atoms with E-state index in [4.69, 9.17) is 12.2 Å². The molecule has 0 heterocycles. The summed E-state index contributed by atoms with van der Waals surface area (Å²) in [7, 11) is 0. The van der Waals surface area contributed by atoms with E-state index in [0.29, 0.717) is 17.4 Å². The van der Waals surface area contributed by atoms with Crippen molar-refractivity contribution in [1.29, 1.82) is 0 Å². The third-order valence-electron chi connectivity index (χ3n) is 3.96. The van der Waals surface area contributed by atoms with Crippen LogP contribution in [0.1, 0.15) is 53.4 Å². The molecule has 0 bridgehead atoms. The van der Waals surface area contributed by atoms with Crippen LogP contribution in [-0.4, -0.2) is 17.7 Å². The summed E-state index contributed by atoms with van der Waals surface area (Å²) in [6, 6.07) is 0.613. The Morgan fingerprint density at radius 1 is 1.31 bits per heavy atom. The van der Waals surface area contributed by atoms with Crippen LogP contribution in [0.25, 0.3) is 0 Å². The lowest BCUT2D eigenvalue weighted by atomic mass is 9.81. The number of nitrogens with one attached hydrogen (secondary N) is 2. The molecular weight excluding hydrogens is 216 g/mol. The first-order valence-corrected chi connectivity index (χ1v) is 6.87. The molecule has 0 aliphatic heterocycles. The first-order chi connectivity index (χ1) is 7.42. The van der Waals surface area contributed by atoms with Gasteiger partial charge in [0.25, 0.3) is 0 Å². The van der Waals surface area contributed by atoms with Crippen LogP contribution in [0.4, 0.5) is 0 Å². The van der Waals surface area contributed by atoms with Gasteiger partial charge < -0.3 is 10.6 Å². The van der Waals surface area contributed by atoms with Crippen LogP contribution in [0.5, 0.6) is 0 Å². The average Bonchev–Trinajstić information content (AvgIpc) is 2.67. The van der Waals surface area contributed by atoms with Crippen molar-refractivity contribution < 1.29 is 0 Å². The van der Waals surface area contributed by atoms with Gasteiger partial charge in [-0.25, -0.2) is 0 Å². The summed E-state index contributed by atoms with van der Waals surface area (Å²) < 4.78 is 0. The molecule has 2 N–H and O–H groups in total. The van der Waals surface area contributed by atoms with Crippen molar-refractivity contribution >= 4 is 17.3 Å². The fourth-order valence-corrected chi connectivity index (χ4v) is 2.06. The lowest BCUT2D eigenvalue weighted by molar-refractivity contribution is 0.250. The second kappa shape index (κ2) is 5.85. The molecule has 0 aromatic carbocycles. The maximum absolute atomic E-state index is 5.32. The van der Waals surface area contributed by atoms with E-state index in [1.165, 1.54) is 25.7 Å². The van der Waals surface area contributed by atoms with Crippen molar-refractivity contribution in [3.05, 3.63) is 0 Å². The first kappa shape index (κ1) is 13.8. The summed E-state index contributed by atoms with van der Waals surface area (Å²) in [5.74, 6) is 0.661. The van der Waals surface area contributed by atoms with Gasteiger partial charge in [0.1, 0.15) is 0 Å². The molecule has 0 aromatic heterocycles. The molecule has 2 nitrogen and oxygen atoms in total. The van der Waals surface area contributed by atoms with Gasteiger partial charge in [0.2, 0.25) is 0 Å². The van der Waals surface area contributed by atoms with Gasteiger partial charge in [-0.15, -0.1) is 0 Å². The molecule has 16 heavy (non-hydrogen) atoms. The smallest absolute Gasteiger partial charge is 0.166 e. The molecule has 1 saturated carbocycles. The molecule has 1 fully saturated rings. The average molecular weight is 242 g/mol. The highest BCUT2D eigenvalue weighted by atomic mass is 32.1. The van der Waals surface area contributed by atoms with Gasteiger partial charge in [0, 0.05) is 12.6 Å². The minimum Gasteiger partial charge on any atom is -0.362 e. The highest BCUT2D eigenvalue weighted by Gasteiger charge is 2.23. The van der Waals surface area contributed by atoms with E-state index in [1.807, 2.05) is 0 Å². The topological polar surface area (TPSA) is 24.1 Å². The number of rotatable bonds is 4. The molecule has 94 valence electrons. The molecule has 0 aromatic rings. The number of hydrogen-bond donors (Lipinski definition) is 2. The van der Waals surface area contributed by atoms with E-state index >= 15 is 0 Å². The van der Waals surface area contributed by atoms with Crippen LogP contribution in [0.3, 0.4) is 0 Å². The van der Waals surface area contributed by atoms with Gasteiger partial charge in [-0.1, -0.05) is 40.5 Å². The number of thiocarbonyl (C=S) groups is 1. The minimum absolute atomic E-state index is 0.293. The van der Waals surface area contributed by atoms with Crippen LogP contribution < -0.4 is 10.6 Å². The third-order valence-corrected chi connectivity index (χ3v) is 4.22. The Balaban J connectivity index is 2.24. The van der Waals surface area contributed by atoms with Crippen LogP contribution in [0.2, 0.25) is 0 Å². The lowest BCUT2D eigenvalue weighted by Crippen LogP contribution is -2.45. The predicted octanol–water partition coefficient (Wildman–Crippen LogP) is 3.08. The molecule has 0 amide bonds. The molecule has 0 spiro atoms. The summed E-state index contributed by atoms with van der Waals surface area (Å²) in [5.41, 5.74) is 0.293. The lowest BCUT2D eigenvalue weighted by Gasteiger charge is -2.30. The second-order valence-corrected chi connectivity index (χ2v) is 6.36. The summed E-state index contributed by atoms with van der Waals surface area (Å²) in [6.45, 7) is 10.0. The van der Waals surface area contributed by atoms with E-state index in [2.05, 4.69) is 38.3 Å². The molecule has 1 rings (SSSR count). The van der Waals surface area contributed by atoms with Crippen LogP contribution in [-0.2, 0) is 0 Å². The largest absolute Gasteiger partial charge is 0.362 e. The summed E-state index contributed by atoms with van der Waals surface area (Å²) >= 11 is 5.32. The molecule has 0 radical (unpaired) electrons. The maximum Gasteiger partial charge on any atom is 0.166 e. The molecule has 1 aliphatic rings. The Labute approximate surface area is 106 Å². The Morgan fingerprint density at radius 2 is 1.88 bits per heavy atom. The van der Waals surface area contributed by atoms with Gasteiger partial charge in [0.15, 0.2) is 5.11 Å². The zero-order chi connectivity index (χ0) is 12.2. The van der Waals surface area contributed by atoms with Gasteiger partial charge in [-0.3, -0.25) is 0 Å². The monoisotopic (exact) mass is 242 g/mol. The zero-order valence-corrected chi connectivity index (χ0v) is 11.9. The van der Waals surface area contributed by atoms with Crippen molar-refractivity contribution in [3.8, 4) is 0 Å². The van der Waals surface area contributed by atoms with Gasteiger partial charge in [-0.2, -0.15) is 0 Å². The molecule has 0 saturated heterocycles. The van der Waals surface area contributed by atoms with E-state index in [9.17, 15) is 0 Å². The molecular formula is C13H26N2S. The normalized spacial score (nSPS) is 17.8. The van der Waals surface area contributed by atoms with Crippen molar-refractivity contribution in [2.75, 3.05) is 6.54 Å². The SMILES string of the molecule is CC(C)C(C)(C)CNC(=S)NC1CCCC1. The highest BCUT2D eigenvalue weighted by molar-refractivity contribution is 7.80.